The predicted molar refractivity (Wildman–Crippen MR) is 73.3 cm³/mol. The fraction of sp³-hybridized carbons (Fsp3) is 0.231. The lowest BCUT2D eigenvalue weighted by molar-refractivity contribution is 0.0521. The van der Waals surface area contributed by atoms with Crippen molar-refractivity contribution < 1.29 is 9.53 Å². The SMILES string of the molecule is CCOC(=O)c1nc(Cl)sc1-c1ccccc1C. The smallest absolute Gasteiger partial charge is 0.358 e. The van der Waals surface area contributed by atoms with E-state index in [2.05, 4.69) is 4.98 Å². The standard InChI is InChI=1S/C13H12ClNO2S/c1-3-17-12(16)10-11(18-13(14)15-10)9-7-5-4-6-8(9)2/h4-7H,3H2,1-2H3. The molecule has 1 aromatic heterocycles. The molecule has 1 heterocycles. The third-order valence-electron chi connectivity index (χ3n) is 2.46. The van der Waals surface area contributed by atoms with E-state index in [1.54, 1.807) is 6.92 Å². The van der Waals surface area contributed by atoms with Crippen LogP contribution in [-0.2, 0) is 4.74 Å². The van der Waals surface area contributed by atoms with E-state index >= 15 is 0 Å². The third-order valence-corrected chi connectivity index (χ3v) is 3.65. The van der Waals surface area contributed by atoms with Crippen LogP contribution in [0.25, 0.3) is 10.4 Å². The predicted octanol–water partition coefficient (Wildman–Crippen LogP) is 3.95. The van der Waals surface area contributed by atoms with Crippen LogP contribution in [0.1, 0.15) is 23.0 Å². The van der Waals surface area contributed by atoms with Crippen LogP contribution in [0.3, 0.4) is 0 Å². The fourth-order valence-corrected chi connectivity index (χ4v) is 2.83. The lowest BCUT2D eigenvalue weighted by Gasteiger charge is -2.05. The summed E-state index contributed by atoms with van der Waals surface area (Å²) < 4.78 is 5.33. The van der Waals surface area contributed by atoms with Gasteiger partial charge >= 0.3 is 5.97 Å². The average molecular weight is 282 g/mol. The van der Waals surface area contributed by atoms with Gasteiger partial charge in [-0.25, -0.2) is 9.78 Å². The Morgan fingerprint density at radius 3 is 2.83 bits per heavy atom. The largest absolute Gasteiger partial charge is 0.461 e. The summed E-state index contributed by atoms with van der Waals surface area (Å²) in [6.45, 7) is 4.07. The normalized spacial score (nSPS) is 10.4. The lowest BCUT2D eigenvalue weighted by Crippen LogP contribution is -2.06. The van der Waals surface area contributed by atoms with Gasteiger partial charge in [0.15, 0.2) is 10.2 Å². The van der Waals surface area contributed by atoms with Crippen LogP contribution in [0.5, 0.6) is 0 Å². The van der Waals surface area contributed by atoms with Crippen LogP contribution in [0.15, 0.2) is 24.3 Å². The summed E-state index contributed by atoms with van der Waals surface area (Å²) in [7, 11) is 0. The zero-order valence-electron chi connectivity index (χ0n) is 10.1. The van der Waals surface area contributed by atoms with Gasteiger partial charge in [-0.15, -0.1) is 11.3 Å². The molecule has 3 nitrogen and oxygen atoms in total. The molecule has 0 fully saturated rings. The molecular formula is C13H12ClNO2S. The second kappa shape index (κ2) is 5.50. The molecule has 5 heteroatoms. The van der Waals surface area contributed by atoms with Crippen LogP contribution in [0.4, 0.5) is 0 Å². The Hall–Kier alpha value is -1.39. The summed E-state index contributed by atoms with van der Waals surface area (Å²) in [5.41, 5.74) is 2.33. The number of esters is 1. The molecule has 0 spiro atoms. The molecule has 0 aliphatic rings. The van der Waals surface area contributed by atoms with Gasteiger partial charge in [0.1, 0.15) is 0 Å². The molecule has 1 aromatic carbocycles. The van der Waals surface area contributed by atoms with Crippen molar-refractivity contribution in [3.05, 3.63) is 40.0 Å². The number of halogens is 1. The highest BCUT2D eigenvalue weighted by Gasteiger charge is 2.20. The highest BCUT2D eigenvalue weighted by molar-refractivity contribution is 7.19. The number of hydrogen-bond acceptors (Lipinski definition) is 4. The minimum absolute atomic E-state index is 0.293. The van der Waals surface area contributed by atoms with E-state index in [4.69, 9.17) is 16.3 Å². The van der Waals surface area contributed by atoms with Gasteiger partial charge in [0, 0.05) is 0 Å². The molecule has 0 saturated carbocycles. The molecule has 0 saturated heterocycles. The molecule has 0 radical (unpaired) electrons. The monoisotopic (exact) mass is 281 g/mol. The van der Waals surface area contributed by atoms with E-state index in [-0.39, 0.29) is 0 Å². The number of rotatable bonds is 3. The van der Waals surface area contributed by atoms with Crippen molar-refractivity contribution in [2.24, 2.45) is 0 Å². The van der Waals surface area contributed by atoms with E-state index in [0.29, 0.717) is 16.8 Å². The van der Waals surface area contributed by atoms with Gasteiger partial charge in [0.2, 0.25) is 0 Å². The van der Waals surface area contributed by atoms with Gasteiger partial charge in [0.25, 0.3) is 0 Å². The van der Waals surface area contributed by atoms with E-state index in [1.807, 2.05) is 31.2 Å². The molecule has 2 aromatic rings. The van der Waals surface area contributed by atoms with Crippen molar-refractivity contribution in [1.82, 2.24) is 4.98 Å². The van der Waals surface area contributed by atoms with Crippen molar-refractivity contribution >= 4 is 28.9 Å². The second-order valence-electron chi connectivity index (χ2n) is 3.68. The first kappa shape index (κ1) is 13.1. The minimum Gasteiger partial charge on any atom is -0.461 e. The number of thiazole rings is 1. The maximum Gasteiger partial charge on any atom is 0.358 e. The van der Waals surface area contributed by atoms with Gasteiger partial charge in [-0.05, 0) is 25.0 Å². The summed E-state index contributed by atoms with van der Waals surface area (Å²) in [4.78, 5) is 16.6. The zero-order valence-corrected chi connectivity index (χ0v) is 11.6. The van der Waals surface area contributed by atoms with Crippen molar-refractivity contribution in [1.29, 1.82) is 0 Å². The molecular weight excluding hydrogens is 270 g/mol. The number of benzene rings is 1. The first-order valence-electron chi connectivity index (χ1n) is 5.53. The lowest BCUT2D eigenvalue weighted by atomic mass is 10.1. The van der Waals surface area contributed by atoms with Crippen LogP contribution in [-0.4, -0.2) is 17.6 Å². The highest BCUT2D eigenvalue weighted by atomic mass is 35.5. The number of aryl methyl sites for hydroxylation is 1. The number of aromatic nitrogens is 1. The molecule has 0 amide bonds. The molecule has 0 aliphatic carbocycles. The first-order chi connectivity index (χ1) is 8.63. The third kappa shape index (κ3) is 2.54. The first-order valence-corrected chi connectivity index (χ1v) is 6.72. The summed E-state index contributed by atoms with van der Waals surface area (Å²) in [6.07, 6.45) is 0. The molecule has 0 bridgehead atoms. The maximum absolute atomic E-state index is 11.8. The molecule has 0 unspecified atom stereocenters. The maximum atomic E-state index is 11.8. The van der Waals surface area contributed by atoms with Crippen LogP contribution < -0.4 is 0 Å². The van der Waals surface area contributed by atoms with E-state index < -0.39 is 5.97 Å². The Balaban J connectivity index is 2.51. The number of nitrogens with zero attached hydrogens (tertiary/aromatic N) is 1. The van der Waals surface area contributed by atoms with E-state index in [0.717, 1.165) is 16.0 Å². The topological polar surface area (TPSA) is 39.2 Å². The van der Waals surface area contributed by atoms with Gasteiger partial charge in [0.05, 0.1) is 11.5 Å². The van der Waals surface area contributed by atoms with Crippen molar-refractivity contribution in [2.75, 3.05) is 6.61 Å². The summed E-state index contributed by atoms with van der Waals surface area (Å²) in [6, 6.07) is 7.80. The van der Waals surface area contributed by atoms with Gasteiger partial charge in [-0.3, -0.25) is 0 Å². The van der Waals surface area contributed by atoms with Crippen LogP contribution in [0, 0.1) is 6.92 Å². The van der Waals surface area contributed by atoms with Gasteiger partial charge in [-0.2, -0.15) is 0 Å². The van der Waals surface area contributed by atoms with Crippen molar-refractivity contribution in [3.63, 3.8) is 0 Å². The Morgan fingerprint density at radius 1 is 1.44 bits per heavy atom. The second-order valence-corrected chi connectivity index (χ2v) is 5.26. The quantitative estimate of drug-likeness (QED) is 0.800. The van der Waals surface area contributed by atoms with Crippen molar-refractivity contribution in [2.45, 2.75) is 13.8 Å². The van der Waals surface area contributed by atoms with Crippen LogP contribution in [0.2, 0.25) is 4.47 Å². The number of hydrogen-bond donors (Lipinski definition) is 0. The molecule has 0 aliphatic heterocycles. The highest BCUT2D eigenvalue weighted by Crippen LogP contribution is 2.34. The summed E-state index contributed by atoms with van der Waals surface area (Å²) in [5.74, 6) is -0.432. The number of carbonyl (C=O) groups is 1. The number of ether oxygens (including phenoxy) is 1. The Labute approximate surface area is 114 Å². The average Bonchev–Trinajstić information content (AvgIpc) is 2.72. The summed E-state index contributed by atoms with van der Waals surface area (Å²) >= 11 is 7.20. The molecule has 0 N–H and O–H groups in total. The molecule has 94 valence electrons. The molecule has 18 heavy (non-hydrogen) atoms. The van der Waals surface area contributed by atoms with Gasteiger partial charge in [-0.1, -0.05) is 35.9 Å². The van der Waals surface area contributed by atoms with Gasteiger partial charge < -0.3 is 4.74 Å². The van der Waals surface area contributed by atoms with E-state index in [1.165, 1.54) is 11.3 Å². The number of carbonyl (C=O) groups excluding carboxylic acids is 1. The van der Waals surface area contributed by atoms with Crippen molar-refractivity contribution in [3.8, 4) is 10.4 Å². The minimum atomic E-state index is -0.432. The Bertz CT molecular complexity index is 580. The fourth-order valence-electron chi connectivity index (χ4n) is 1.64. The molecule has 2 rings (SSSR count). The Morgan fingerprint density at radius 2 is 2.17 bits per heavy atom. The Kier molecular flexibility index (Phi) is 3.99. The zero-order chi connectivity index (χ0) is 13.1. The van der Waals surface area contributed by atoms with E-state index in [9.17, 15) is 4.79 Å². The van der Waals surface area contributed by atoms with Crippen LogP contribution >= 0.6 is 22.9 Å². The molecule has 0 atom stereocenters. The summed E-state index contributed by atoms with van der Waals surface area (Å²) in [5, 5.41) is 0.